The van der Waals surface area contributed by atoms with Crippen LogP contribution in [-0.2, 0) is 11.2 Å². The van der Waals surface area contributed by atoms with Crippen LogP contribution in [0.3, 0.4) is 0 Å². The Bertz CT molecular complexity index is 640. The maximum Gasteiger partial charge on any atom is 0.224 e. The summed E-state index contributed by atoms with van der Waals surface area (Å²) in [6.07, 6.45) is 2.17. The molecule has 1 atom stereocenters. The Kier molecular flexibility index (Phi) is 6.48. The van der Waals surface area contributed by atoms with Gasteiger partial charge in [-0.1, -0.05) is 36.7 Å². The van der Waals surface area contributed by atoms with E-state index in [0.29, 0.717) is 17.9 Å². The van der Waals surface area contributed by atoms with Crippen LogP contribution in [0.1, 0.15) is 32.3 Å². The fourth-order valence-corrected chi connectivity index (χ4v) is 2.34. The van der Waals surface area contributed by atoms with E-state index >= 15 is 0 Å². The largest absolute Gasteiger partial charge is 0.491 e. The van der Waals surface area contributed by atoms with Crippen molar-refractivity contribution in [2.24, 2.45) is 0 Å². The van der Waals surface area contributed by atoms with Gasteiger partial charge in [0.25, 0.3) is 0 Å². The molecule has 1 amide bonds. The quantitative estimate of drug-likeness (QED) is 0.767. The Morgan fingerprint density at radius 3 is 2.52 bits per heavy atom. The molecular formula is C19H22ClNO2. The third kappa shape index (κ3) is 5.61. The summed E-state index contributed by atoms with van der Waals surface area (Å²) in [6.45, 7) is 4.11. The molecule has 2 aromatic carbocycles. The lowest BCUT2D eigenvalue weighted by Gasteiger charge is -2.13. The van der Waals surface area contributed by atoms with E-state index in [0.717, 1.165) is 23.4 Å². The Labute approximate surface area is 142 Å². The van der Waals surface area contributed by atoms with Gasteiger partial charge in [0.15, 0.2) is 0 Å². The Morgan fingerprint density at radius 2 is 1.87 bits per heavy atom. The number of carbonyl (C=O) groups excluding carboxylic acids is 1. The molecule has 0 aromatic heterocycles. The molecule has 0 aliphatic carbocycles. The molecule has 0 saturated carbocycles. The first-order chi connectivity index (χ1) is 11.1. The molecule has 23 heavy (non-hydrogen) atoms. The van der Waals surface area contributed by atoms with E-state index in [9.17, 15) is 4.79 Å². The molecule has 0 heterocycles. The average Bonchev–Trinajstić information content (AvgIpc) is 2.56. The summed E-state index contributed by atoms with van der Waals surface area (Å²) >= 11 is 6.09. The second kappa shape index (κ2) is 8.59. The van der Waals surface area contributed by atoms with Gasteiger partial charge in [-0.3, -0.25) is 4.79 Å². The minimum absolute atomic E-state index is 0.0273. The lowest BCUT2D eigenvalue weighted by molar-refractivity contribution is -0.116. The second-order valence-electron chi connectivity index (χ2n) is 5.50. The van der Waals surface area contributed by atoms with E-state index in [1.165, 1.54) is 0 Å². The van der Waals surface area contributed by atoms with Crippen molar-refractivity contribution in [3.63, 3.8) is 0 Å². The average molecular weight is 332 g/mol. The van der Waals surface area contributed by atoms with Crippen LogP contribution in [0.5, 0.6) is 5.75 Å². The van der Waals surface area contributed by atoms with Gasteiger partial charge < -0.3 is 10.1 Å². The zero-order valence-corrected chi connectivity index (χ0v) is 14.3. The number of rotatable bonds is 7. The smallest absolute Gasteiger partial charge is 0.224 e. The zero-order valence-electron chi connectivity index (χ0n) is 13.5. The van der Waals surface area contributed by atoms with Gasteiger partial charge in [-0.25, -0.2) is 0 Å². The predicted molar refractivity (Wildman–Crippen MR) is 95.2 cm³/mol. The van der Waals surface area contributed by atoms with Gasteiger partial charge in [0.1, 0.15) is 5.75 Å². The van der Waals surface area contributed by atoms with Crippen molar-refractivity contribution in [2.45, 2.75) is 39.2 Å². The topological polar surface area (TPSA) is 38.3 Å². The number of carbonyl (C=O) groups is 1. The Hall–Kier alpha value is -2.00. The third-order valence-corrected chi connectivity index (χ3v) is 4.00. The van der Waals surface area contributed by atoms with E-state index in [4.69, 9.17) is 16.3 Å². The summed E-state index contributed by atoms with van der Waals surface area (Å²) in [5.74, 6) is 0.786. The normalized spacial score (nSPS) is 11.8. The highest BCUT2D eigenvalue weighted by Gasteiger charge is 2.06. The standard InChI is InChI=1S/C19H22ClNO2/c1-3-14(2)23-17-11-9-16(10-12-17)21-19(22)13-8-15-6-4-5-7-18(15)20/h4-7,9-12,14H,3,8,13H2,1-2H3,(H,21,22). The number of hydrogen-bond donors (Lipinski definition) is 1. The number of nitrogens with one attached hydrogen (secondary N) is 1. The summed E-state index contributed by atoms with van der Waals surface area (Å²) in [6, 6.07) is 15.0. The minimum atomic E-state index is -0.0273. The van der Waals surface area contributed by atoms with Crippen LogP contribution < -0.4 is 10.1 Å². The third-order valence-electron chi connectivity index (χ3n) is 3.63. The molecule has 4 heteroatoms. The fraction of sp³-hybridized carbons (Fsp3) is 0.316. The summed E-state index contributed by atoms with van der Waals surface area (Å²) < 4.78 is 5.71. The van der Waals surface area contributed by atoms with E-state index in [1.807, 2.05) is 55.5 Å². The highest BCUT2D eigenvalue weighted by molar-refractivity contribution is 6.31. The number of anilines is 1. The van der Waals surface area contributed by atoms with Crippen LogP contribution in [0.2, 0.25) is 5.02 Å². The summed E-state index contributed by atoms with van der Waals surface area (Å²) in [4.78, 5) is 12.0. The number of hydrogen-bond acceptors (Lipinski definition) is 2. The fourth-order valence-electron chi connectivity index (χ4n) is 2.11. The van der Waals surface area contributed by atoms with Crippen LogP contribution in [0, 0.1) is 0 Å². The van der Waals surface area contributed by atoms with Gasteiger partial charge in [-0.15, -0.1) is 0 Å². The molecule has 2 rings (SSSR count). The van der Waals surface area contributed by atoms with Gasteiger partial charge in [0.2, 0.25) is 5.91 Å². The highest BCUT2D eigenvalue weighted by Crippen LogP contribution is 2.19. The van der Waals surface area contributed by atoms with Crippen molar-refractivity contribution in [1.29, 1.82) is 0 Å². The van der Waals surface area contributed by atoms with Crippen LogP contribution in [0.25, 0.3) is 0 Å². The molecule has 0 aliphatic heterocycles. The van der Waals surface area contributed by atoms with Crippen molar-refractivity contribution < 1.29 is 9.53 Å². The second-order valence-corrected chi connectivity index (χ2v) is 5.91. The van der Waals surface area contributed by atoms with Gasteiger partial charge in [0, 0.05) is 17.1 Å². The van der Waals surface area contributed by atoms with Crippen molar-refractivity contribution in [3.8, 4) is 5.75 Å². The zero-order chi connectivity index (χ0) is 16.7. The number of benzene rings is 2. The van der Waals surface area contributed by atoms with Crippen molar-refractivity contribution in [3.05, 3.63) is 59.1 Å². The minimum Gasteiger partial charge on any atom is -0.491 e. The summed E-state index contributed by atoms with van der Waals surface area (Å²) in [7, 11) is 0. The highest BCUT2D eigenvalue weighted by atomic mass is 35.5. The number of halogens is 1. The number of amides is 1. The Balaban J connectivity index is 1.84. The predicted octanol–water partition coefficient (Wildman–Crippen LogP) is 5.09. The van der Waals surface area contributed by atoms with Crippen LogP contribution >= 0.6 is 11.6 Å². The van der Waals surface area contributed by atoms with Gasteiger partial charge in [0.05, 0.1) is 6.10 Å². The molecule has 0 radical (unpaired) electrons. The van der Waals surface area contributed by atoms with Crippen LogP contribution in [-0.4, -0.2) is 12.0 Å². The monoisotopic (exact) mass is 331 g/mol. The Morgan fingerprint density at radius 1 is 1.17 bits per heavy atom. The number of ether oxygens (including phenoxy) is 1. The first kappa shape index (κ1) is 17.4. The molecule has 0 saturated heterocycles. The lowest BCUT2D eigenvalue weighted by Crippen LogP contribution is -2.13. The maximum atomic E-state index is 12.0. The van der Waals surface area contributed by atoms with Crippen LogP contribution in [0.15, 0.2) is 48.5 Å². The molecule has 2 aromatic rings. The lowest BCUT2D eigenvalue weighted by atomic mass is 10.1. The molecule has 0 aliphatic rings. The van der Waals surface area contributed by atoms with E-state index in [2.05, 4.69) is 12.2 Å². The van der Waals surface area contributed by atoms with E-state index in [1.54, 1.807) is 0 Å². The van der Waals surface area contributed by atoms with Crippen LogP contribution in [0.4, 0.5) is 5.69 Å². The molecule has 122 valence electrons. The SMILES string of the molecule is CCC(C)Oc1ccc(NC(=O)CCc2ccccc2Cl)cc1. The van der Waals surface area contributed by atoms with Gasteiger partial charge in [-0.05, 0) is 55.7 Å². The van der Waals surface area contributed by atoms with E-state index in [-0.39, 0.29) is 12.0 Å². The summed E-state index contributed by atoms with van der Waals surface area (Å²) in [5, 5.41) is 3.59. The maximum absolute atomic E-state index is 12.0. The molecule has 0 bridgehead atoms. The first-order valence-electron chi connectivity index (χ1n) is 7.88. The van der Waals surface area contributed by atoms with Crippen molar-refractivity contribution >= 4 is 23.2 Å². The van der Waals surface area contributed by atoms with Gasteiger partial charge in [-0.2, -0.15) is 0 Å². The molecule has 1 N–H and O–H groups in total. The van der Waals surface area contributed by atoms with Crippen molar-refractivity contribution in [2.75, 3.05) is 5.32 Å². The summed E-state index contributed by atoms with van der Waals surface area (Å²) in [5.41, 5.74) is 1.76. The van der Waals surface area contributed by atoms with E-state index < -0.39 is 0 Å². The van der Waals surface area contributed by atoms with Gasteiger partial charge >= 0.3 is 0 Å². The molecule has 1 unspecified atom stereocenters. The first-order valence-corrected chi connectivity index (χ1v) is 8.26. The molecule has 0 fully saturated rings. The number of aryl methyl sites for hydroxylation is 1. The molecular weight excluding hydrogens is 310 g/mol. The molecule has 0 spiro atoms. The molecule has 3 nitrogen and oxygen atoms in total. The van der Waals surface area contributed by atoms with Crippen molar-refractivity contribution in [1.82, 2.24) is 0 Å².